The smallest absolute Gasteiger partial charge is 0.462 e. The van der Waals surface area contributed by atoms with E-state index in [2.05, 4.69) is 79.1 Å². The lowest BCUT2D eigenvalue weighted by Gasteiger charge is -2.18. The van der Waals surface area contributed by atoms with E-state index in [0.717, 1.165) is 57.8 Å². The van der Waals surface area contributed by atoms with Crippen molar-refractivity contribution in [1.82, 2.24) is 0 Å². The van der Waals surface area contributed by atoms with E-state index in [4.69, 9.17) is 19.3 Å². The first kappa shape index (κ1) is 49.5. The van der Waals surface area contributed by atoms with Crippen LogP contribution in [0.2, 0.25) is 0 Å². The highest BCUT2D eigenvalue weighted by Gasteiger charge is 2.22. The third-order valence-corrected chi connectivity index (χ3v) is 8.70. The molecule has 8 nitrogen and oxygen atoms in total. The summed E-state index contributed by atoms with van der Waals surface area (Å²) in [6, 6.07) is 0. The van der Waals surface area contributed by atoms with Crippen molar-refractivity contribution in [1.29, 1.82) is 0 Å². The van der Waals surface area contributed by atoms with Gasteiger partial charge in [0, 0.05) is 12.8 Å². The van der Waals surface area contributed by atoms with Gasteiger partial charge in [-0.25, -0.2) is 4.57 Å². The molecule has 0 aromatic rings. The Kier molecular flexibility index (Phi) is 36.4. The molecule has 0 aliphatic heterocycles. The number of rotatable bonds is 36. The number of phosphoric ester groups is 1. The molecule has 0 fully saturated rings. The van der Waals surface area contributed by atoms with E-state index >= 15 is 0 Å². The molecule has 0 aliphatic carbocycles. The van der Waals surface area contributed by atoms with Gasteiger partial charge in [-0.3, -0.25) is 14.1 Å². The molecule has 0 saturated heterocycles. The topological polar surface area (TPSA) is 119 Å². The van der Waals surface area contributed by atoms with E-state index in [1.54, 1.807) is 0 Å². The van der Waals surface area contributed by atoms with Crippen molar-refractivity contribution in [2.24, 2.45) is 0 Å². The Labute approximate surface area is 317 Å². The van der Waals surface area contributed by atoms with Gasteiger partial charge in [0.1, 0.15) is 6.61 Å². The number of esters is 2. The standard InChI is InChI=1S/C43H73O8P/c1-3-5-7-9-11-13-15-17-19-20-21-22-24-26-28-30-32-34-36-38-43(45)51-41(40-50-52(46,47)48)39-49-42(44)37-35-33-31-29-27-25-23-18-16-14-12-10-8-6-4-2/h11,13,17-19,21-23,26,28,32,34,41H,3-10,12,14-16,20,24-25,27,29-31,33,35-40H2,1-2H3,(H2,46,47,48)/b13-11-,19-17-,22-21-,23-18-,28-26-,34-32-/t41-/m1/s1. The van der Waals surface area contributed by atoms with E-state index in [1.165, 1.54) is 70.6 Å². The molecular weight excluding hydrogens is 675 g/mol. The maximum absolute atomic E-state index is 12.4. The van der Waals surface area contributed by atoms with Crippen LogP contribution in [0.25, 0.3) is 0 Å². The minimum Gasteiger partial charge on any atom is -0.462 e. The van der Waals surface area contributed by atoms with Crippen LogP contribution in [0.4, 0.5) is 0 Å². The van der Waals surface area contributed by atoms with Crippen LogP contribution in [0.5, 0.6) is 0 Å². The number of hydrogen-bond donors (Lipinski definition) is 2. The fourth-order valence-corrected chi connectivity index (χ4v) is 5.53. The summed E-state index contributed by atoms with van der Waals surface area (Å²) in [6.45, 7) is 3.57. The number of carbonyl (C=O) groups excluding carboxylic acids is 2. The summed E-state index contributed by atoms with van der Waals surface area (Å²) in [5.74, 6) is -0.996. The van der Waals surface area contributed by atoms with E-state index in [0.29, 0.717) is 12.8 Å². The highest BCUT2D eigenvalue weighted by Crippen LogP contribution is 2.36. The Morgan fingerprint density at radius 1 is 0.500 bits per heavy atom. The second-order valence-corrected chi connectivity index (χ2v) is 14.5. The van der Waals surface area contributed by atoms with Gasteiger partial charge in [-0.1, -0.05) is 151 Å². The molecule has 0 rings (SSSR count). The van der Waals surface area contributed by atoms with Crippen LogP contribution in [0, 0.1) is 0 Å². The average molecular weight is 749 g/mol. The van der Waals surface area contributed by atoms with E-state index < -0.39 is 32.5 Å². The summed E-state index contributed by atoms with van der Waals surface area (Å²) in [5.41, 5.74) is 0. The second kappa shape index (κ2) is 38.2. The first-order valence-corrected chi connectivity index (χ1v) is 21.8. The van der Waals surface area contributed by atoms with Crippen molar-refractivity contribution >= 4 is 19.8 Å². The van der Waals surface area contributed by atoms with Crippen molar-refractivity contribution in [2.45, 2.75) is 174 Å². The molecule has 2 N–H and O–H groups in total. The van der Waals surface area contributed by atoms with E-state index in [-0.39, 0.29) is 19.4 Å². The lowest BCUT2D eigenvalue weighted by atomic mass is 10.1. The molecule has 0 heterocycles. The Hall–Kier alpha value is -2.51. The molecule has 0 amide bonds. The van der Waals surface area contributed by atoms with Crippen molar-refractivity contribution < 1.29 is 37.9 Å². The average Bonchev–Trinajstić information content (AvgIpc) is 3.11. The van der Waals surface area contributed by atoms with Crippen LogP contribution >= 0.6 is 7.82 Å². The van der Waals surface area contributed by atoms with Crippen molar-refractivity contribution in [3.63, 3.8) is 0 Å². The lowest BCUT2D eigenvalue weighted by molar-refractivity contribution is -0.161. The fraction of sp³-hybridized carbons (Fsp3) is 0.674. The molecular formula is C43H73O8P. The zero-order valence-corrected chi connectivity index (χ0v) is 33.6. The molecule has 0 bridgehead atoms. The number of phosphoric acid groups is 1. The molecule has 0 spiro atoms. The van der Waals surface area contributed by atoms with Crippen molar-refractivity contribution in [3.8, 4) is 0 Å². The zero-order valence-electron chi connectivity index (χ0n) is 32.7. The van der Waals surface area contributed by atoms with Gasteiger partial charge in [0.15, 0.2) is 6.10 Å². The Morgan fingerprint density at radius 3 is 1.42 bits per heavy atom. The van der Waals surface area contributed by atoms with Gasteiger partial charge in [0.25, 0.3) is 0 Å². The van der Waals surface area contributed by atoms with Crippen LogP contribution in [0.3, 0.4) is 0 Å². The lowest BCUT2D eigenvalue weighted by Crippen LogP contribution is -2.29. The minimum atomic E-state index is -4.78. The number of hydrogen-bond acceptors (Lipinski definition) is 6. The van der Waals surface area contributed by atoms with Crippen LogP contribution in [-0.4, -0.2) is 41.0 Å². The minimum absolute atomic E-state index is 0.0837. The highest BCUT2D eigenvalue weighted by atomic mass is 31.2. The molecule has 0 aromatic carbocycles. The van der Waals surface area contributed by atoms with Gasteiger partial charge < -0.3 is 19.3 Å². The highest BCUT2D eigenvalue weighted by molar-refractivity contribution is 7.46. The monoisotopic (exact) mass is 749 g/mol. The third kappa shape index (κ3) is 40.3. The van der Waals surface area contributed by atoms with Gasteiger partial charge in [0.2, 0.25) is 0 Å². The summed E-state index contributed by atoms with van der Waals surface area (Å²) >= 11 is 0. The van der Waals surface area contributed by atoms with Crippen molar-refractivity contribution in [3.05, 3.63) is 72.9 Å². The molecule has 0 aromatic heterocycles. The zero-order chi connectivity index (χ0) is 38.2. The Balaban J connectivity index is 4.10. The normalized spacial score (nSPS) is 13.2. The molecule has 298 valence electrons. The van der Waals surface area contributed by atoms with Crippen LogP contribution in [0.1, 0.15) is 168 Å². The number of allylic oxidation sites excluding steroid dienone is 12. The maximum atomic E-state index is 12.4. The molecule has 0 radical (unpaired) electrons. The van der Waals surface area contributed by atoms with Gasteiger partial charge in [0.05, 0.1) is 6.61 Å². The van der Waals surface area contributed by atoms with Crippen LogP contribution in [-0.2, 0) is 28.2 Å². The Bertz CT molecular complexity index is 1070. The SMILES string of the molecule is CCCCC/C=C\C/C=C\C/C=C\C/C=C\C/C=C\CCC(=O)O[C@H](COC(=O)CCCCCCC/C=C\CCCCCCCC)COP(=O)(O)O. The van der Waals surface area contributed by atoms with Gasteiger partial charge in [-0.2, -0.15) is 0 Å². The van der Waals surface area contributed by atoms with E-state index in [1.807, 2.05) is 12.2 Å². The summed E-state index contributed by atoms with van der Waals surface area (Å²) in [5, 5.41) is 0. The molecule has 0 aliphatic rings. The van der Waals surface area contributed by atoms with Crippen molar-refractivity contribution in [2.75, 3.05) is 13.2 Å². The molecule has 0 unspecified atom stereocenters. The second-order valence-electron chi connectivity index (χ2n) is 13.2. The predicted octanol–water partition coefficient (Wildman–Crippen LogP) is 12.3. The number of unbranched alkanes of at least 4 members (excludes halogenated alkanes) is 14. The largest absolute Gasteiger partial charge is 0.469 e. The summed E-state index contributed by atoms with van der Waals surface area (Å²) < 4.78 is 26.3. The van der Waals surface area contributed by atoms with Gasteiger partial charge in [-0.05, 0) is 77.0 Å². The summed E-state index contributed by atoms with van der Waals surface area (Å²) in [4.78, 5) is 42.7. The maximum Gasteiger partial charge on any atom is 0.469 e. The molecule has 1 atom stereocenters. The number of ether oxygens (including phenoxy) is 2. The predicted molar refractivity (Wildman–Crippen MR) is 216 cm³/mol. The molecule has 52 heavy (non-hydrogen) atoms. The summed E-state index contributed by atoms with van der Waals surface area (Å²) in [7, 11) is -4.78. The third-order valence-electron chi connectivity index (χ3n) is 8.21. The quantitative estimate of drug-likeness (QED) is 0.0281. The fourth-order valence-electron chi connectivity index (χ4n) is 5.17. The van der Waals surface area contributed by atoms with E-state index in [9.17, 15) is 14.2 Å². The Morgan fingerprint density at radius 2 is 0.904 bits per heavy atom. The van der Waals surface area contributed by atoms with Gasteiger partial charge >= 0.3 is 19.8 Å². The van der Waals surface area contributed by atoms with Gasteiger partial charge in [-0.15, -0.1) is 0 Å². The van der Waals surface area contributed by atoms with Crippen LogP contribution in [0.15, 0.2) is 72.9 Å². The molecule has 9 heteroatoms. The number of carbonyl (C=O) groups is 2. The molecule has 0 saturated carbocycles. The summed E-state index contributed by atoms with van der Waals surface area (Å²) in [6.07, 6.45) is 49.2. The first-order chi connectivity index (χ1) is 25.3. The first-order valence-electron chi connectivity index (χ1n) is 20.2. The van der Waals surface area contributed by atoms with Crippen LogP contribution < -0.4 is 0 Å².